The number of ether oxygens (including phenoxy) is 1. The van der Waals surface area contributed by atoms with Gasteiger partial charge in [-0.1, -0.05) is 29.4 Å². The van der Waals surface area contributed by atoms with Gasteiger partial charge in [-0.3, -0.25) is 4.99 Å². The first-order chi connectivity index (χ1) is 16.4. The lowest BCUT2D eigenvalue weighted by molar-refractivity contribution is -0.139. The number of alkyl halides is 3. The number of halogens is 5. The van der Waals surface area contributed by atoms with Crippen molar-refractivity contribution in [1.82, 2.24) is 14.9 Å². The Bertz CT molecular complexity index is 1230. The van der Waals surface area contributed by atoms with Crippen molar-refractivity contribution in [2.24, 2.45) is 4.99 Å². The van der Waals surface area contributed by atoms with Gasteiger partial charge < -0.3 is 15.0 Å². The number of carbonyl (C=O) groups is 1. The molecule has 1 fully saturated rings. The van der Waals surface area contributed by atoms with Crippen molar-refractivity contribution in [1.29, 1.82) is 0 Å². The van der Waals surface area contributed by atoms with Crippen LogP contribution in [0.1, 0.15) is 24.9 Å². The second-order valence-corrected chi connectivity index (χ2v) is 10.8. The van der Waals surface area contributed by atoms with Gasteiger partial charge in [0.05, 0.1) is 12.2 Å². The molecule has 1 unspecified atom stereocenters. The quantitative estimate of drug-likeness (QED) is 0.411. The van der Waals surface area contributed by atoms with Gasteiger partial charge in [-0.15, -0.1) is 0 Å². The zero-order valence-electron chi connectivity index (χ0n) is 18.0. The fourth-order valence-corrected chi connectivity index (χ4v) is 5.81. The second-order valence-electron chi connectivity index (χ2n) is 7.70. The maximum Gasteiger partial charge on any atom is 0.511 e. The van der Waals surface area contributed by atoms with Crippen molar-refractivity contribution >= 4 is 45.2 Å². The molecule has 0 aromatic heterocycles. The third kappa shape index (κ3) is 5.01. The summed E-state index contributed by atoms with van der Waals surface area (Å²) in [5.41, 5.74) is -4.96. The Labute approximate surface area is 207 Å². The molecule has 3 aliphatic rings. The van der Waals surface area contributed by atoms with Crippen LogP contribution in [-0.2, 0) is 19.6 Å². The summed E-state index contributed by atoms with van der Waals surface area (Å²) in [5, 5.41) is 4.33. The molecule has 0 amide bonds. The van der Waals surface area contributed by atoms with E-state index in [2.05, 4.69) is 10.3 Å². The third-order valence-corrected chi connectivity index (χ3v) is 7.93. The Morgan fingerprint density at radius 1 is 1.40 bits per heavy atom. The van der Waals surface area contributed by atoms with E-state index < -0.39 is 44.8 Å². The summed E-state index contributed by atoms with van der Waals surface area (Å²) in [4.78, 5) is 19.2. The molecule has 1 saturated heterocycles. The lowest BCUT2D eigenvalue weighted by Gasteiger charge is -2.34. The number of fused-ring (bicyclic) bond motifs is 1. The zero-order valence-corrected chi connectivity index (χ0v) is 20.4. The van der Waals surface area contributed by atoms with E-state index in [0.29, 0.717) is 5.84 Å². The van der Waals surface area contributed by atoms with Crippen LogP contribution in [0.3, 0.4) is 0 Å². The van der Waals surface area contributed by atoms with Crippen molar-refractivity contribution < 1.29 is 35.5 Å². The molecule has 1 aromatic carbocycles. The molecule has 0 saturated carbocycles. The fourth-order valence-electron chi connectivity index (χ4n) is 4.03. The molecule has 0 spiro atoms. The minimum Gasteiger partial charge on any atom is -0.463 e. The normalized spacial score (nSPS) is 24.3. The lowest BCUT2D eigenvalue weighted by atomic mass is 9.94. The van der Waals surface area contributed by atoms with Crippen molar-refractivity contribution in [3.05, 3.63) is 57.5 Å². The first-order valence-corrected chi connectivity index (χ1v) is 13.1. The van der Waals surface area contributed by atoms with Gasteiger partial charge in [0.1, 0.15) is 23.1 Å². The molecule has 15 heteroatoms. The van der Waals surface area contributed by atoms with Crippen LogP contribution in [0, 0.1) is 5.82 Å². The van der Waals surface area contributed by atoms with Crippen LogP contribution >= 0.6 is 23.4 Å². The minimum atomic E-state index is -5.64. The average Bonchev–Trinajstić information content (AvgIpc) is 3.41. The number of nitrogens with zero attached hydrogens (tertiary/aromatic N) is 2. The molecular formula is C20H19ClF4N4O4S2. The number of carbonyl (C=O) groups excluding carboxylic acids is 1. The van der Waals surface area contributed by atoms with Crippen molar-refractivity contribution in [2.45, 2.75) is 36.3 Å². The molecule has 3 heterocycles. The van der Waals surface area contributed by atoms with Crippen LogP contribution in [0.15, 0.2) is 46.1 Å². The van der Waals surface area contributed by atoms with E-state index >= 15 is 0 Å². The molecule has 0 radical (unpaired) electrons. The fraction of sp³-hybridized carbons (Fsp3) is 0.400. The standard InChI is InChI=1S/C20H19ClF4N4O4S2/c1-2-33-19(30)15-14-8-11(28-35(31,32)20(23,24)25)9-29(14)17(18-26-5-6-34-18)27-16(15)12-4-3-10(22)7-13(12)21/h3-7,11,16,18,26,28H,2,8-9H2,1H3/t11-,16-,18?/m0/s1. The van der Waals surface area contributed by atoms with Gasteiger partial charge in [0, 0.05) is 41.5 Å². The first-order valence-electron chi connectivity index (χ1n) is 10.3. The Morgan fingerprint density at radius 2 is 2.14 bits per heavy atom. The van der Waals surface area contributed by atoms with Gasteiger partial charge in [0.2, 0.25) is 0 Å². The highest BCUT2D eigenvalue weighted by Crippen LogP contribution is 2.43. The van der Waals surface area contributed by atoms with Crippen molar-refractivity contribution in [3.8, 4) is 0 Å². The molecule has 4 rings (SSSR count). The summed E-state index contributed by atoms with van der Waals surface area (Å²) in [5.74, 6) is -1.04. The van der Waals surface area contributed by atoms with E-state index in [1.807, 2.05) is 0 Å². The third-order valence-electron chi connectivity index (χ3n) is 5.43. The maximum absolute atomic E-state index is 13.7. The maximum atomic E-state index is 13.7. The number of nitrogens with one attached hydrogen (secondary N) is 2. The predicted octanol–water partition coefficient (Wildman–Crippen LogP) is 3.40. The molecule has 35 heavy (non-hydrogen) atoms. The topological polar surface area (TPSA) is 100 Å². The van der Waals surface area contributed by atoms with Gasteiger partial charge in [-0.2, -0.15) is 13.2 Å². The number of aliphatic imine (C=N–C) groups is 1. The number of hydrogen-bond acceptors (Lipinski definition) is 8. The number of sulfonamides is 1. The van der Waals surface area contributed by atoms with E-state index in [-0.39, 0.29) is 41.4 Å². The van der Waals surface area contributed by atoms with Crippen LogP contribution in [-0.4, -0.2) is 55.2 Å². The SMILES string of the molecule is CCOC(=O)C1=C2C[C@H](NS(=O)(=O)C(F)(F)F)CN2C(C2NC=CS2)=N[C@H]1c1ccc(F)cc1Cl. The van der Waals surface area contributed by atoms with Crippen LogP contribution in [0.2, 0.25) is 5.02 Å². The summed E-state index contributed by atoms with van der Waals surface area (Å²) in [7, 11) is -5.64. The number of amidine groups is 1. The molecule has 3 aliphatic heterocycles. The summed E-state index contributed by atoms with van der Waals surface area (Å²) < 4.78 is 83.1. The Morgan fingerprint density at radius 3 is 2.74 bits per heavy atom. The van der Waals surface area contributed by atoms with E-state index in [1.165, 1.54) is 22.7 Å². The van der Waals surface area contributed by atoms with E-state index in [1.54, 1.807) is 23.3 Å². The summed E-state index contributed by atoms with van der Waals surface area (Å²) in [6.07, 6.45) is 1.42. The molecular weight excluding hydrogens is 536 g/mol. The van der Waals surface area contributed by atoms with Gasteiger partial charge in [0.15, 0.2) is 0 Å². The smallest absolute Gasteiger partial charge is 0.463 e. The van der Waals surface area contributed by atoms with Crippen LogP contribution in [0.25, 0.3) is 0 Å². The monoisotopic (exact) mass is 554 g/mol. The number of rotatable bonds is 6. The highest BCUT2D eigenvalue weighted by Gasteiger charge is 2.50. The van der Waals surface area contributed by atoms with Crippen LogP contribution in [0.5, 0.6) is 0 Å². The average molecular weight is 555 g/mol. The molecule has 1 aromatic rings. The van der Waals surface area contributed by atoms with Crippen molar-refractivity contribution in [2.75, 3.05) is 13.2 Å². The summed E-state index contributed by atoms with van der Waals surface area (Å²) >= 11 is 7.60. The molecule has 0 bridgehead atoms. The minimum absolute atomic E-state index is 0.00411. The first kappa shape index (κ1) is 25.8. The van der Waals surface area contributed by atoms with Gasteiger partial charge in [0.25, 0.3) is 0 Å². The molecule has 3 atom stereocenters. The molecule has 190 valence electrons. The van der Waals surface area contributed by atoms with E-state index in [9.17, 15) is 30.8 Å². The Hall–Kier alpha value is -2.29. The highest BCUT2D eigenvalue weighted by molar-refractivity contribution is 8.03. The highest BCUT2D eigenvalue weighted by atomic mass is 35.5. The number of esters is 1. The Balaban J connectivity index is 1.83. The largest absolute Gasteiger partial charge is 0.511 e. The molecule has 8 nitrogen and oxygen atoms in total. The van der Waals surface area contributed by atoms with Crippen molar-refractivity contribution in [3.63, 3.8) is 0 Å². The van der Waals surface area contributed by atoms with Crippen LogP contribution < -0.4 is 10.0 Å². The van der Waals surface area contributed by atoms with E-state index in [4.69, 9.17) is 16.3 Å². The van der Waals surface area contributed by atoms with Gasteiger partial charge >= 0.3 is 21.5 Å². The number of hydrogen-bond donors (Lipinski definition) is 2. The number of thioether (sulfide) groups is 1. The number of benzene rings is 1. The lowest BCUT2D eigenvalue weighted by Crippen LogP contribution is -2.47. The molecule has 0 aliphatic carbocycles. The molecule has 2 N–H and O–H groups in total. The van der Waals surface area contributed by atoms with Crippen LogP contribution in [0.4, 0.5) is 17.6 Å². The predicted molar refractivity (Wildman–Crippen MR) is 122 cm³/mol. The van der Waals surface area contributed by atoms with Gasteiger partial charge in [-0.25, -0.2) is 22.3 Å². The Kier molecular flexibility index (Phi) is 7.10. The van der Waals surface area contributed by atoms with Gasteiger partial charge in [-0.05, 0) is 24.5 Å². The zero-order chi connectivity index (χ0) is 25.5. The second kappa shape index (κ2) is 9.64. The summed E-state index contributed by atoms with van der Waals surface area (Å²) in [6, 6.07) is 1.32. The van der Waals surface area contributed by atoms with E-state index in [0.717, 1.165) is 12.1 Å². The summed E-state index contributed by atoms with van der Waals surface area (Å²) in [6.45, 7) is 1.39.